The second-order valence-electron chi connectivity index (χ2n) is 5.94. The number of fused-ring (bicyclic) bond motifs is 1. The normalized spacial score (nSPS) is 28.1. The van der Waals surface area contributed by atoms with Crippen LogP contribution in [0.15, 0.2) is 24.3 Å². The van der Waals surface area contributed by atoms with Crippen molar-refractivity contribution >= 4 is 18.3 Å². The number of piperidine rings is 1. The Hall–Kier alpha value is -1.26. The average molecular weight is 311 g/mol. The number of benzene rings is 1. The van der Waals surface area contributed by atoms with Gasteiger partial charge in [-0.1, -0.05) is 25.1 Å². The van der Waals surface area contributed by atoms with Crippen molar-refractivity contribution < 1.29 is 9.53 Å². The predicted molar refractivity (Wildman–Crippen MR) is 84.9 cm³/mol. The Morgan fingerprint density at radius 2 is 2.10 bits per heavy atom. The van der Waals surface area contributed by atoms with Crippen LogP contribution in [0.4, 0.5) is 0 Å². The lowest BCUT2D eigenvalue weighted by Crippen LogP contribution is -2.49. The van der Waals surface area contributed by atoms with E-state index in [1.807, 2.05) is 29.2 Å². The number of nitrogens with two attached hydrogens (primary N) is 1. The summed E-state index contributed by atoms with van der Waals surface area (Å²) in [5.74, 6) is 1.42. The summed E-state index contributed by atoms with van der Waals surface area (Å²) in [6, 6.07) is 8.11. The third-order valence-corrected chi connectivity index (χ3v) is 4.54. The topological polar surface area (TPSA) is 55.6 Å². The van der Waals surface area contributed by atoms with Crippen LogP contribution >= 0.6 is 12.4 Å². The van der Waals surface area contributed by atoms with Gasteiger partial charge in [0.25, 0.3) is 0 Å². The average Bonchev–Trinajstić information content (AvgIpc) is 2.49. The second kappa shape index (κ2) is 6.67. The summed E-state index contributed by atoms with van der Waals surface area (Å²) in [5.41, 5.74) is 7.07. The molecule has 3 rings (SSSR count). The molecule has 1 fully saturated rings. The van der Waals surface area contributed by atoms with Gasteiger partial charge in [0.05, 0.1) is 12.5 Å². The number of hydrogen-bond donors (Lipinski definition) is 1. The second-order valence-corrected chi connectivity index (χ2v) is 5.94. The van der Waals surface area contributed by atoms with Crippen LogP contribution in [-0.2, 0) is 4.79 Å². The van der Waals surface area contributed by atoms with E-state index in [1.54, 1.807) is 0 Å². The first-order valence-corrected chi connectivity index (χ1v) is 7.43. The van der Waals surface area contributed by atoms with E-state index in [4.69, 9.17) is 10.5 Å². The minimum atomic E-state index is -0.0542. The number of amides is 1. The minimum absolute atomic E-state index is 0. The van der Waals surface area contributed by atoms with Gasteiger partial charge in [-0.05, 0) is 24.8 Å². The molecule has 2 aliphatic rings. The Labute approximate surface area is 132 Å². The van der Waals surface area contributed by atoms with Crippen LogP contribution in [0.5, 0.6) is 5.75 Å². The number of ether oxygens (including phenoxy) is 1. The highest BCUT2D eigenvalue weighted by molar-refractivity contribution is 5.85. The smallest absolute Gasteiger partial charge is 0.230 e. The first kappa shape index (κ1) is 16.1. The van der Waals surface area contributed by atoms with Crippen LogP contribution in [0.25, 0.3) is 0 Å². The lowest BCUT2D eigenvalue weighted by atomic mass is 9.89. The molecular formula is C16H23ClN2O2. The van der Waals surface area contributed by atoms with Crippen molar-refractivity contribution in [3.63, 3.8) is 0 Å². The Kier molecular flexibility index (Phi) is 5.12. The lowest BCUT2D eigenvalue weighted by Gasteiger charge is -2.38. The zero-order chi connectivity index (χ0) is 14.1. The molecule has 1 aromatic carbocycles. The van der Waals surface area contributed by atoms with E-state index in [-0.39, 0.29) is 30.3 Å². The van der Waals surface area contributed by atoms with Crippen molar-refractivity contribution in [1.82, 2.24) is 4.90 Å². The molecule has 0 radical (unpaired) electrons. The molecule has 0 bridgehead atoms. The van der Waals surface area contributed by atoms with Crippen molar-refractivity contribution in [2.45, 2.75) is 31.7 Å². The number of nitrogens with zero attached hydrogens (tertiary/aromatic N) is 1. The third kappa shape index (κ3) is 3.16. The molecule has 21 heavy (non-hydrogen) atoms. The van der Waals surface area contributed by atoms with Crippen molar-refractivity contribution in [2.75, 3.05) is 19.7 Å². The van der Waals surface area contributed by atoms with Crippen LogP contribution in [-0.4, -0.2) is 36.5 Å². The number of halogens is 1. The molecule has 0 aliphatic carbocycles. The predicted octanol–water partition coefficient (Wildman–Crippen LogP) is 2.17. The first-order valence-electron chi connectivity index (χ1n) is 7.43. The van der Waals surface area contributed by atoms with Crippen molar-refractivity contribution in [1.29, 1.82) is 0 Å². The Bertz CT molecular complexity index is 509. The van der Waals surface area contributed by atoms with Gasteiger partial charge in [0, 0.05) is 24.7 Å². The van der Waals surface area contributed by atoms with E-state index in [1.165, 1.54) is 0 Å². The highest BCUT2D eigenvalue weighted by atomic mass is 35.5. The maximum atomic E-state index is 12.8. The van der Waals surface area contributed by atoms with Gasteiger partial charge in [-0.15, -0.1) is 12.4 Å². The number of hydrogen-bond acceptors (Lipinski definition) is 3. The number of rotatable bonds is 1. The molecule has 116 valence electrons. The van der Waals surface area contributed by atoms with Gasteiger partial charge in [-0.3, -0.25) is 4.79 Å². The summed E-state index contributed by atoms with van der Waals surface area (Å²) in [6.07, 6.45) is 1.67. The van der Waals surface area contributed by atoms with E-state index in [2.05, 4.69) is 6.92 Å². The van der Waals surface area contributed by atoms with Crippen LogP contribution in [0.1, 0.15) is 31.2 Å². The van der Waals surface area contributed by atoms with E-state index < -0.39 is 0 Å². The highest BCUT2D eigenvalue weighted by Crippen LogP contribution is 2.35. The Morgan fingerprint density at radius 3 is 2.86 bits per heavy atom. The standard InChI is InChI=1S/C16H22N2O2.ClH/c1-11-10-18(8-6-14(11)17)16(19)13-7-9-20-15-5-3-2-4-12(13)15;/h2-5,11,13-14H,6-10,17H2,1H3;1H. The molecule has 0 aromatic heterocycles. The van der Waals surface area contributed by atoms with Gasteiger partial charge in [-0.2, -0.15) is 0 Å². The van der Waals surface area contributed by atoms with Crippen molar-refractivity contribution in [3.8, 4) is 5.75 Å². The molecule has 1 aromatic rings. The number of likely N-dealkylation sites (tertiary alicyclic amines) is 1. The SMILES string of the molecule is CC1CN(C(=O)C2CCOc3ccccc32)CCC1N.Cl. The molecule has 1 amide bonds. The largest absolute Gasteiger partial charge is 0.493 e. The fourth-order valence-electron chi connectivity index (χ4n) is 3.18. The molecule has 0 saturated carbocycles. The number of para-hydroxylation sites is 1. The van der Waals surface area contributed by atoms with Gasteiger partial charge >= 0.3 is 0 Å². The van der Waals surface area contributed by atoms with E-state index in [0.29, 0.717) is 12.5 Å². The molecule has 4 nitrogen and oxygen atoms in total. The Balaban J connectivity index is 0.00000161. The van der Waals surface area contributed by atoms with Crippen molar-refractivity contribution in [2.24, 2.45) is 11.7 Å². The fourth-order valence-corrected chi connectivity index (χ4v) is 3.18. The van der Waals surface area contributed by atoms with E-state index >= 15 is 0 Å². The summed E-state index contributed by atoms with van der Waals surface area (Å²) in [5, 5.41) is 0. The molecule has 3 atom stereocenters. The summed E-state index contributed by atoms with van der Waals surface area (Å²) in [6.45, 7) is 4.31. The van der Waals surface area contributed by atoms with E-state index in [9.17, 15) is 4.79 Å². The van der Waals surface area contributed by atoms with Gasteiger partial charge in [0.1, 0.15) is 5.75 Å². The van der Waals surface area contributed by atoms with Crippen LogP contribution in [0.3, 0.4) is 0 Å². The van der Waals surface area contributed by atoms with Crippen LogP contribution < -0.4 is 10.5 Å². The monoisotopic (exact) mass is 310 g/mol. The van der Waals surface area contributed by atoms with Crippen molar-refractivity contribution in [3.05, 3.63) is 29.8 Å². The lowest BCUT2D eigenvalue weighted by molar-refractivity contribution is -0.135. The zero-order valence-electron chi connectivity index (χ0n) is 12.3. The molecule has 1 saturated heterocycles. The molecule has 0 spiro atoms. The molecule has 2 N–H and O–H groups in total. The summed E-state index contributed by atoms with van der Waals surface area (Å²) < 4.78 is 5.64. The zero-order valence-corrected chi connectivity index (χ0v) is 13.1. The maximum absolute atomic E-state index is 12.8. The third-order valence-electron chi connectivity index (χ3n) is 4.54. The van der Waals surface area contributed by atoms with Gasteiger partial charge < -0.3 is 15.4 Å². The number of carbonyl (C=O) groups excluding carboxylic acids is 1. The first-order chi connectivity index (χ1) is 9.66. The minimum Gasteiger partial charge on any atom is -0.493 e. The fraction of sp³-hybridized carbons (Fsp3) is 0.562. The summed E-state index contributed by atoms with van der Waals surface area (Å²) >= 11 is 0. The van der Waals surface area contributed by atoms with E-state index in [0.717, 1.165) is 37.2 Å². The number of carbonyl (C=O) groups is 1. The quantitative estimate of drug-likeness (QED) is 0.865. The van der Waals surface area contributed by atoms with Gasteiger partial charge in [0.15, 0.2) is 0 Å². The Morgan fingerprint density at radius 1 is 1.33 bits per heavy atom. The molecule has 2 heterocycles. The van der Waals surface area contributed by atoms with Gasteiger partial charge in [-0.25, -0.2) is 0 Å². The molecule has 2 aliphatic heterocycles. The van der Waals surface area contributed by atoms with Crippen LogP contribution in [0, 0.1) is 5.92 Å². The molecule has 5 heteroatoms. The maximum Gasteiger partial charge on any atom is 0.230 e. The van der Waals surface area contributed by atoms with Crippen LogP contribution in [0.2, 0.25) is 0 Å². The highest BCUT2D eigenvalue weighted by Gasteiger charge is 2.34. The summed E-state index contributed by atoms with van der Waals surface area (Å²) in [7, 11) is 0. The summed E-state index contributed by atoms with van der Waals surface area (Å²) in [4.78, 5) is 14.8. The van der Waals surface area contributed by atoms with Gasteiger partial charge in [0.2, 0.25) is 5.91 Å². The molecular weight excluding hydrogens is 288 g/mol. The molecule has 3 unspecified atom stereocenters.